The Balaban J connectivity index is 2.41. The third-order valence-electron chi connectivity index (χ3n) is 2.46. The van der Waals surface area contributed by atoms with E-state index in [1.165, 1.54) is 16.7 Å². The molecule has 0 aliphatic heterocycles. The van der Waals surface area contributed by atoms with Gasteiger partial charge in [-0.2, -0.15) is 0 Å². The maximum atomic E-state index is 11.6. The molecule has 19 heavy (non-hydrogen) atoms. The highest BCUT2D eigenvalue weighted by Crippen LogP contribution is 2.18. The van der Waals surface area contributed by atoms with E-state index < -0.39 is 5.97 Å². The molecule has 2 N–H and O–H groups in total. The van der Waals surface area contributed by atoms with E-state index in [1.807, 2.05) is 0 Å². The number of amides is 1. The number of terminal acetylenes is 1. The van der Waals surface area contributed by atoms with Crippen LogP contribution in [0.1, 0.15) is 54.1 Å². The number of carboxylic acid groups (broad SMARTS) is 1. The van der Waals surface area contributed by atoms with Crippen molar-refractivity contribution in [1.82, 2.24) is 10.3 Å². The molecule has 0 aliphatic rings. The molecule has 0 aromatic carbocycles. The van der Waals surface area contributed by atoms with Crippen LogP contribution in [0.5, 0.6) is 0 Å². The second-order valence-electron chi connectivity index (χ2n) is 4.08. The molecule has 0 fully saturated rings. The molecule has 1 amide bonds. The van der Waals surface area contributed by atoms with Crippen LogP contribution in [0.2, 0.25) is 0 Å². The summed E-state index contributed by atoms with van der Waals surface area (Å²) < 4.78 is 0. The van der Waals surface area contributed by atoms with Crippen LogP contribution >= 0.6 is 11.3 Å². The van der Waals surface area contributed by atoms with E-state index in [1.54, 1.807) is 6.92 Å². The minimum Gasteiger partial charge on any atom is -0.476 e. The third kappa shape index (κ3) is 5.10. The number of rotatable bonds is 7. The molecule has 0 saturated heterocycles. The number of carbonyl (C=O) groups is 2. The molecule has 1 atom stereocenters. The van der Waals surface area contributed by atoms with Crippen LogP contribution in [0.25, 0.3) is 0 Å². The average Bonchev–Trinajstić information content (AvgIpc) is 2.84. The lowest BCUT2D eigenvalue weighted by Crippen LogP contribution is -2.26. The predicted octanol–water partition coefficient (Wildman–Crippen LogP) is 2.21. The van der Waals surface area contributed by atoms with Crippen LogP contribution in [0, 0.1) is 12.3 Å². The molecule has 0 saturated carbocycles. The molecular formula is C13H16N2O3S. The molecule has 102 valence electrons. The molecule has 6 heteroatoms. The maximum absolute atomic E-state index is 11.6. The Morgan fingerprint density at radius 3 is 2.89 bits per heavy atom. The molecule has 0 radical (unpaired) electrons. The molecule has 0 aliphatic carbocycles. The Labute approximate surface area is 116 Å². The number of carboxylic acids is 1. The first kappa shape index (κ1) is 15.2. The van der Waals surface area contributed by atoms with Gasteiger partial charge in [-0.1, -0.05) is 0 Å². The molecule has 0 bridgehead atoms. The number of nitrogens with zero attached hydrogens (tertiary/aromatic N) is 1. The lowest BCUT2D eigenvalue weighted by molar-refractivity contribution is -0.121. The summed E-state index contributed by atoms with van der Waals surface area (Å²) in [6.07, 6.45) is 7.80. The number of aromatic nitrogens is 1. The second kappa shape index (κ2) is 7.54. The van der Waals surface area contributed by atoms with Crippen LogP contribution in [-0.4, -0.2) is 22.0 Å². The van der Waals surface area contributed by atoms with Gasteiger partial charge in [-0.05, 0) is 19.8 Å². The van der Waals surface area contributed by atoms with E-state index in [-0.39, 0.29) is 17.6 Å². The number of hydrogen-bond acceptors (Lipinski definition) is 4. The van der Waals surface area contributed by atoms with Gasteiger partial charge in [-0.25, -0.2) is 9.78 Å². The Bertz CT molecular complexity index is 490. The van der Waals surface area contributed by atoms with Crippen molar-refractivity contribution in [3.63, 3.8) is 0 Å². The first-order chi connectivity index (χ1) is 9.04. The number of aromatic carboxylic acids is 1. The summed E-state index contributed by atoms with van der Waals surface area (Å²) in [4.78, 5) is 26.3. The van der Waals surface area contributed by atoms with Crippen molar-refractivity contribution in [3.05, 3.63) is 16.1 Å². The highest BCUT2D eigenvalue weighted by molar-refractivity contribution is 7.09. The lowest BCUT2D eigenvalue weighted by atomic mass is 10.2. The standard InChI is InChI=1S/C13H16N2O3S/c1-3-4-5-6-7-11(16)14-9(2)12-15-10(8-19-12)13(17)18/h1,8-9H,4-7H2,2H3,(H,14,16)(H,17,18). The fourth-order valence-electron chi connectivity index (χ4n) is 1.47. The van der Waals surface area contributed by atoms with Gasteiger partial charge >= 0.3 is 5.97 Å². The number of hydrogen-bond donors (Lipinski definition) is 2. The Kier molecular flexibility index (Phi) is 6.03. The van der Waals surface area contributed by atoms with Crippen molar-refractivity contribution in [2.75, 3.05) is 0 Å². The third-order valence-corrected chi connectivity index (χ3v) is 3.49. The number of carbonyl (C=O) groups excluding carboxylic acids is 1. The van der Waals surface area contributed by atoms with E-state index in [9.17, 15) is 9.59 Å². The number of thiazole rings is 1. The predicted molar refractivity (Wildman–Crippen MR) is 72.9 cm³/mol. The summed E-state index contributed by atoms with van der Waals surface area (Å²) in [6.45, 7) is 1.78. The van der Waals surface area contributed by atoms with Crippen LogP contribution in [-0.2, 0) is 4.79 Å². The highest BCUT2D eigenvalue weighted by atomic mass is 32.1. The van der Waals surface area contributed by atoms with Gasteiger partial charge < -0.3 is 10.4 Å². The van der Waals surface area contributed by atoms with Gasteiger partial charge in [0.05, 0.1) is 6.04 Å². The largest absolute Gasteiger partial charge is 0.476 e. The monoisotopic (exact) mass is 280 g/mol. The van der Waals surface area contributed by atoms with E-state index in [4.69, 9.17) is 11.5 Å². The quantitative estimate of drug-likeness (QED) is 0.593. The smallest absolute Gasteiger partial charge is 0.355 e. The Hall–Kier alpha value is -1.87. The molecule has 5 nitrogen and oxygen atoms in total. The highest BCUT2D eigenvalue weighted by Gasteiger charge is 2.15. The van der Waals surface area contributed by atoms with E-state index >= 15 is 0 Å². The van der Waals surface area contributed by atoms with Crippen molar-refractivity contribution in [1.29, 1.82) is 0 Å². The molecule has 1 aromatic rings. The summed E-state index contributed by atoms with van der Waals surface area (Å²) >= 11 is 1.23. The van der Waals surface area contributed by atoms with Crippen molar-refractivity contribution in [2.24, 2.45) is 0 Å². The zero-order valence-electron chi connectivity index (χ0n) is 10.7. The van der Waals surface area contributed by atoms with Gasteiger partial charge in [-0.15, -0.1) is 23.7 Å². The normalized spacial score (nSPS) is 11.6. The van der Waals surface area contributed by atoms with E-state index in [0.717, 1.165) is 12.8 Å². The van der Waals surface area contributed by atoms with Crippen LogP contribution < -0.4 is 5.32 Å². The Morgan fingerprint density at radius 1 is 1.58 bits per heavy atom. The van der Waals surface area contributed by atoms with Crippen molar-refractivity contribution in [3.8, 4) is 12.3 Å². The molecule has 1 unspecified atom stereocenters. The fourth-order valence-corrected chi connectivity index (χ4v) is 2.27. The van der Waals surface area contributed by atoms with Gasteiger partial charge in [0.1, 0.15) is 5.01 Å². The van der Waals surface area contributed by atoms with Crippen LogP contribution in [0.4, 0.5) is 0 Å². The van der Waals surface area contributed by atoms with Gasteiger partial charge in [0, 0.05) is 18.2 Å². The number of nitrogens with one attached hydrogen (secondary N) is 1. The van der Waals surface area contributed by atoms with E-state index in [2.05, 4.69) is 16.2 Å². The lowest BCUT2D eigenvalue weighted by Gasteiger charge is -2.10. The van der Waals surface area contributed by atoms with Gasteiger partial charge in [-0.3, -0.25) is 4.79 Å². The summed E-state index contributed by atoms with van der Waals surface area (Å²) in [7, 11) is 0. The Morgan fingerprint density at radius 2 is 2.32 bits per heavy atom. The SMILES string of the molecule is C#CCCCCC(=O)NC(C)c1nc(C(=O)O)cs1. The minimum atomic E-state index is -1.06. The minimum absolute atomic E-state index is 0.00937. The molecular weight excluding hydrogens is 264 g/mol. The van der Waals surface area contributed by atoms with E-state index in [0.29, 0.717) is 17.8 Å². The molecule has 0 spiro atoms. The summed E-state index contributed by atoms with van der Waals surface area (Å²) in [5, 5.41) is 13.6. The van der Waals surface area contributed by atoms with Crippen LogP contribution in [0.3, 0.4) is 0 Å². The summed E-state index contributed by atoms with van der Waals surface area (Å²) in [5.74, 6) is 1.39. The molecule has 1 rings (SSSR count). The van der Waals surface area contributed by atoms with Crippen molar-refractivity contribution in [2.45, 2.75) is 38.6 Å². The summed E-state index contributed by atoms with van der Waals surface area (Å²) in [5.41, 5.74) is 0.00937. The molecule has 1 heterocycles. The first-order valence-corrected chi connectivity index (χ1v) is 6.84. The number of unbranched alkanes of at least 4 members (excludes halogenated alkanes) is 2. The summed E-state index contributed by atoms with van der Waals surface area (Å²) in [6, 6.07) is -0.279. The average molecular weight is 280 g/mol. The zero-order valence-corrected chi connectivity index (χ0v) is 11.5. The zero-order chi connectivity index (χ0) is 14.3. The van der Waals surface area contributed by atoms with Crippen molar-refractivity contribution >= 4 is 23.2 Å². The topological polar surface area (TPSA) is 79.3 Å². The maximum Gasteiger partial charge on any atom is 0.355 e. The van der Waals surface area contributed by atoms with Gasteiger partial charge in [0.15, 0.2) is 5.69 Å². The molecule has 1 aromatic heterocycles. The van der Waals surface area contributed by atoms with Crippen molar-refractivity contribution < 1.29 is 14.7 Å². The van der Waals surface area contributed by atoms with Gasteiger partial charge in [0.25, 0.3) is 0 Å². The fraction of sp³-hybridized carbons (Fsp3) is 0.462. The second-order valence-corrected chi connectivity index (χ2v) is 4.97. The van der Waals surface area contributed by atoms with Gasteiger partial charge in [0.2, 0.25) is 5.91 Å². The van der Waals surface area contributed by atoms with Crippen LogP contribution in [0.15, 0.2) is 5.38 Å². The first-order valence-electron chi connectivity index (χ1n) is 5.96.